The van der Waals surface area contributed by atoms with Crippen molar-refractivity contribution in [2.75, 3.05) is 35.2 Å². The van der Waals surface area contributed by atoms with Gasteiger partial charge in [-0.3, -0.25) is 4.90 Å². The number of amides is 2. The van der Waals surface area contributed by atoms with Gasteiger partial charge < -0.3 is 20.8 Å². The van der Waals surface area contributed by atoms with Gasteiger partial charge in [0.2, 0.25) is 0 Å². The molecule has 8 nitrogen and oxygen atoms in total. The first-order valence-corrected chi connectivity index (χ1v) is 8.72. The molecule has 0 radical (unpaired) electrons. The number of aromatic nitrogens is 3. The number of anilines is 3. The summed E-state index contributed by atoms with van der Waals surface area (Å²) in [5.74, 6) is 0.0432. The summed E-state index contributed by atoms with van der Waals surface area (Å²) in [6.07, 6.45) is 5.61. The van der Waals surface area contributed by atoms with Gasteiger partial charge in [0.15, 0.2) is 5.82 Å². The fraction of sp³-hybridized carbons (Fsp3) is 0.278. The van der Waals surface area contributed by atoms with Crippen molar-refractivity contribution in [1.29, 1.82) is 0 Å². The average Bonchev–Trinajstić information content (AvgIpc) is 3.23. The molecule has 1 aliphatic rings. The number of urea groups is 1. The number of rotatable bonds is 4. The molecule has 0 fully saturated rings. The summed E-state index contributed by atoms with van der Waals surface area (Å²) in [5.41, 5.74) is 8.78. The Bertz CT molecular complexity index is 1020. The molecular weight excluding hydrogens is 349 g/mol. The number of nitrogens with two attached hydrogens (primary N) is 1. The highest BCUT2D eigenvalue weighted by Gasteiger charge is 2.28. The quantitative estimate of drug-likeness (QED) is 0.654. The summed E-state index contributed by atoms with van der Waals surface area (Å²) in [4.78, 5) is 22.8. The first kappa shape index (κ1) is 17.2. The number of carbonyl (C=O) groups is 1. The predicted molar refractivity (Wildman–Crippen MR) is 102 cm³/mol. The van der Waals surface area contributed by atoms with Gasteiger partial charge in [-0.25, -0.2) is 19.2 Å². The fourth-order valence-electron chi connectivity index (χ4n) is 3.27. The molecule has 0 saturated heterocycles. The van der Waals surface area contributed by atoms with Crippen LogP contribution in [0.4, 0.5) is 26.4 Å². The maximum absolute atomic E-state index is 14.4. The van der Waals surface area contributed by atoms with E-state index in [0.29, 0.717) is 37.5 Å². The molecule has 0 spiro atoms. The summed E-state index contributed by atoms with van der Waals surface area (Å²) in [6.45, 7) is 3.45. The zero-order chi connectivity index (χ0) is 19.0. The number of imidazole rings is 1. The zero-order valence-electron chi connectivity index (χ0n) is 14.9. The SMILES string of the molecule is Cc1cn2cc(NC(=O)N3CCc4c(NCCN)ccnc43)c(F)cc2n1. The van der Waals surface area contributed by atoms with Gasteiger partial charge in [0.25, 0.3) is 0 Å². The van der Waals surface area contributed by atoms with E-state index in [2.05, 4.69) is 20.6 Å². The molecule has 4 heterocycles. The van der Waals surface area contributed by atoms with Crippen LogP contribution >= 0.6 is 0 Å². The van der Waals surface area contributed by atoms with Crippen molar-refractivity contribution in [3.05, 3.63) is 47.8 Å². The second-order valence-corrected chi connectivity index (χ2v) is 6.39. The molecule has 27 heavy (non-hydrogen) atoms. The lowest BCUT2D eigenvalue weighted by atomic mass is 10.2. The van der Waals surface area contributed by atoms with E-state index in [-0.39, 0.29) is 5.69 Å². The van der Waals surface area contributed by atoms with Gasteiger partial charge in [-0.15, -0.1) is 0 Å². The summed E-state index contributed by atoms with van der Waals surface area (Å²) >= 11 is 0. The Labute approximate surface area is 155 Å². The van der Waals surface area contributed by atoms with Crippen LogP contribution in [0.1, 0.15) is 11.3 Å². The molecule has 4 rings (SSSR count). The molecule has 1 aliphatic heterocycles. The smallest absolute Gasteiger partial charge is 0.327 e. The molecule has 3 aromatic rings. The maximum atomic E-state index is 14.4. The third kappa shape index (κ3) is 3.17. The summed E-state index contributed by atoms with van der Waals surface area (Å²) < 4.78 is 16.0. The number of nitrogens with one attached hydrogen (secondary N) is 2. The van der Waals surface area contributed by atoms with Gasteiger partial charge >= 0.3 is 6.03 Å². The number of aryl methyl sites for hydroxylation is 1. The van der Waals surface area contributed by atoms with Crippen LogP contribution < -0.4 is 21.3 Å². The van der Waals surface area contributed by atoms with Crippen LogP contribution in [0, 0.1) is 12.7 Å². The van der Waals surface area contributed by atoms with Crippen molar-refractivity contribution in [3.8, 4) is 0 Å². The molecule has 3 aromatic heterocycles. The van der Waals surface area contributed by atoms with E-state index in [1.165, 1.54) is 17.2 Å². The third-order valence-electron chi connectivity index (χ3n) is 4.48. The normalized spacial score (nSPS) is 13.1. The largest absolute Gasteiger partial charge is 0.383 e. The van der Waals surface area contributed by atoms with Crippen LogP contribution in [0.15, 0.2) is 30.7 Å². The topological polar surface area (TPSA) is 101 Å². The average molecular weight is 369 g/mol. The maximum Gasteiger partial charge on any atom is 0.327 e. The summed E-state index contributed by atoms with van der Waals surface area (Å²) in [5, 5.41) is 5.88. The third-order valence-corrected chi connectivity index (χ3v) is 4.48. The standard InChI is InChI=1S/C18H20FN7O/c1-11-9-25-10-15(13(19)8-16(25)23-11)24-18(27)26-7-3-12-14(21-6-4-20)2-5-22-17(12)26/h2,5,8-10H,3-4,6-7,20H2,1H3,(H,21,22)(H,24,27). The van der Waals surface area contributed by atoms with Crippen LogP contribution in [0.2, 0.25) is 0 Å². The first-order chi connectivity index (χ1) is 13.1. The van der Waals surface area contributed by atoms with E-state index >= 15 is 0 Å². The number of hydrogen-bond donors (Lipinski definition) is 3. The highest BCUT2D eigenvalue weighted by molar-refractivity contribution is 6.03. The van der Waals surface area contributed by atoms with Crippen molar-refractivity contribution in [1.82, 2.24) is 14.4 Å². The molecular formula is C18H20FN7O. The van der Waals surface area contributed by atoms with Crippen molar-refractivity contribution in [3.63, 3.8) is 0 Å². The minimum atomic E-state index is -0.535. The van der Waals surface area contributed by atoms with Gasteiger partial charge in [-0.05, 0) is 19.4 Å². The van der Waals surface area contributed by atoms with Gasteiger partial charge in [0.1, 0.15) is 11.5 Å². The van der Waals surface area contributed by atoms with E-state index in [9.17, 15) is 9.18 Å². The van der Waals surface area contributed by atoms with Crippen LogP contribution in [-0.2, 0) is 6.42 Å². The monoisotopic (exact) mass is 369 g/mol. The minimum absolute atomic E-state index is 0.0933. The zero-order valence-corrected chi connectivity index (χ0v) is 14.9. The number of nitrogens with zero attached hydrogens (tertiary/aromatic N) is 4. The Kier molecular flexibility index (Phi) is 4.36. The van der Waals surface area contributed by atoms with Crippen molar-refractivity contribution < 1.29 is 9.18 Å². The molecule has 0 aliphatic carbocycles. The predicted octanol–water partition coefficient (Wildman–Crippen LogP) is 2.14. The van der Waals surface area contributed by atoms with E-state index in [4.69, 9.17) is 5.73 Å². The fourth-order valence-corrected chi connectivity index (χ4v) is 3.27. The van der Waals surface area contributed by atoms with Gasteiger partial charge in [-0.2, -0.15) is 0 Å². The number of carbonyl (C=O) groups excluding carboxylic acids is 1. The van der Waals surface area contributed by atoms with Crippen LogP contribution in [0.5, 0.6) is 0 Å². The molecule has 0 atom stereocenters. The first-order valence-electron chi connectivity index (χ1n) is 8.72. The number of halogens is 1. The highest BCUT2D eigenvalue weighted by atomic mass is 19.1. The Morgan fingerprint density at radius 2 is 2.22 bits per heavy atom. The number of pyridine rings is 2. The number of fused-ring (bicyclic) bond motifs is 2. The Morgan fingerprint density at radius 1 is 1.37 bits per heavy atom. The lowest BCUT2D eigenvalue weighted by molar-refractivity contribution is 0.257. The van der Waals surface area contributed by atoms with E-state index in [1.54, 1.807) is 16.8 Å². The van der Waals surface area contributed by atoms with E-state index < -0.39 is 11.8 Å². The molecule has 140 valence electrons. The molecule has 0 unspecified atom stereocenters. The van der Waals surface area contributed by atoms with Crippen LogP contribution in [-0.4, -0.2) is 40.0 Å². The Hall–Kier alpha value is -3.20. The summed E-state index contributed by atoms with van der Waals surface area (Å²) in [7, 11) is 0. The molecule has 0 aromatic carbocycles. The second-order valence-electron chi connectivity index (χ2n) is 6.39. The van der Waals surface area contributed by atoms with Crippen LogP contribution in [0.3, 0.4) is 0 Å². The highest BCUT2D eigenvalue weighted by Crippen LogP contribution is 2.32. The molecule has 0 saturated carbocycles. The Morgan fingerprint density at radius 3 is 3.04 bits per heavy atom. The van der Waals surface area contributed by atoms with Crippen LogP contribution in [0.25, 0.3) is 5.65 Å². The molecule has 4 N–H and O–H groups in total. The Balaban J connectivity index is 1.58. The van der Waals surface area contributed by atoms with Crippen molar-refractivity contribution in [2.24, 2.45) is 5.73 Å². The van der Waals surface area contributed by atoms with Gasteiger partial charge in [0.05, 0.1) is 11.4 Å². The van der Waals surface area contributed by atoms with E-state index in [1.807, 2.05) is 13.0 Å². The van der Waals surface area contributed by atoms with Crippen molar-refractivity contribution in [2.45, 2.75) is 13.3 Å². The lowest BCUT2D eigenvalue weighted by Gasteiger charge is -2.18. The second kappa shape index (κ2) is 6.84. The summed E-state index contributed by atoms with van der Waals surface area (Å²) in [6, 6.07) is 2.74. The van der Waals surface area contributed by atoms with E-state index in [0.717, 1.165) is 16.9 Å². The van der Waals surface area contributed by atoms with Gasteiger partial charge in [0, 0.05) is 55.5 Å². The molecule has 0 bridgehead atoms. The van der Waals surface area contributed by atoms with Crippen molar-refractivity contribution >= 4 is 28.9 Å². The lowest BCUT2D eigenvalue weighted by Crippen LogP contribution is -2.34. The minimum Gasteiger partial charge on any atom is -0.383 e. The van der Waals surface area contributed by atoms with Gasteiger partial charge in [-0.1, -0.05) is 0 Å². The molecule has 9 heteroatoms. The number of hydrogen-bond acceptors (Lipinski definition) is 5. The molecule has 2 amide bonds.